The second-order valence-electron chi connectivity index (χ2n) is 4.88. The maximum absolute atomic E-state index is 12.0. The predicted molar refractivity (Wildman–Crippen MR) is 75.1 cm³/mol. The Morgan fingerprint density at radius 3 is 3.00 bits per heavy atom. The molecule has 0 aromatic heterocycles. The molecule has 1 fully saturated rings. The highest BCUT2D eigenvalue weighted by Gasteiger charge is 2.23. The minimum Gasteiger partial charge on any atom is -0.324 e. The molecule has 1 aromatic carbocycles. The summed E-state index contributed by atoms with van der Waals surface area (Å²) in [6.07, 6.45) is 3.76. The van der Waals surface area contributed by atoms with Gasteiger partial charge in [-0.05, 0) is 31.5 Å². The first-order valence-electron chi connectivity index (χ1n) is 6.73. The standard InChI is InChI=1S/C15H17N3O2/c16-9-12-5-1-2-7-14(12)17-15(20)10-18-8-4-3-6-13(18)11-19/h1-2,5,7,11,13H,3-4,6,8,10H2,(H,17,20). The van der Waals surface area contributed by atoms with E-state index in [-0.39, 0.29) is 18.5 Å². The van der Waals surface area contributed by atoms with Gasteiger partial charge in [0.05, 0.1) is 23.8 Å². The lowest BCUT2D eigenvalue weighted by Crippen LogP contribution is -2.44. The van der Waals surface area contributed by atoms with Gasteiger partial charge in [-0.15, -0.1) is 0 Å². The Bertz CT molecular complexity index is 536. The summed E-state index contributed by atoms with van der Waals surface area (Å²) in [5, 5.41) is 11.7. The van der Waals surface area contributed by atoms with E-state index < -0.39 is 0 Å². The minimum atomic E-state index is -0.193. The number of hydrogen-bond donors (Lipinski definition) is 1. The molecule has 2 rings (SSSR count). The maximum Gasteiger partial charge on any atom is 0.238 e. The molecule has 5 heteroatoms. The van der Waals surface area contributed by atoms with Gasteiger partial charge in [-0.3, -0.25) is 9.69 Å². The maximum atomic E-state index is 12.0. The van der Waals surface area contributed by atoms with Crippen molar-refractivity contribution in [3.8, 4) is 6.07 Å². The Labute approximate surface area is 118 Å². The second kappa shape index (κ2) is 6.83. The van der Waals surface area contributed by atoms with Gasteiger partial charge in [0.1, 0.15) is 12.4 Å². The molecule has 1 N–H and O–H groups in total. The zero-order valence-corrected chi connectivity index (χ0v) is 11.2. The Kier molecular flexibility index (Phi) is 4.85. The van der Waals surface area contributed by atoms with E-state index in [2.05, 4.69) is 5.32 Å². The first-order chi connectivity index (χ1) is 9.74. The molecule has 20 heavy (non-hydrogen) atoms. The van der Waals surface area contributed by atoms with Crippen LogP contribution in [0.1, 0.15) is 24.8 Å². The first kappa shape index (κ1) is 14.2. The van der Waals surface area contributed by atoms with Gasteiger partial charge in [0.25, 0.3) is 0 Å². The number of piperidine rings is 1. The molecular formula is C15H17N3O2. The van der Waals surface area contributed by atoms with Gasteiger partial charge in [-0.25, -0.2) is 0 Å². The SMILES string of the molecule is N#Cc1ccccc1NC(=O)CN1CCCCC1C=O. The average Bonchev–Trinajstić information content (AvgIpc) is 2.48. The third kappa shape index (κ3) is 3.43. The third-order valence-electron chi connectivity index (χ3n) is 3.49. The smallest absolute Gasteiger partial charge is 0.238 e. The van der Waals surface area contributed by atoms with Gasteiger partial charge >= 0.3 is 0 Å². The van der Waals surface area contributed by atoms with Crippen molar-refractivity contribution in [2.75, 3.05) is 18.4 Å². The third-order valence-corrected chi connectivity index (χ3v) is 3.49. The summed E-state index contributed by atoms with van der Waals surface area (Å²) in [6.45, 7) is 0.944. The van der Waals surface area contributed by atoms with Crippen LogP contribution in [-0.4, -0.2) is 36.2 Å². The summed E-state index contributed by atoms with van der Waals surface area (Å²) in [7, 11) is 0. The van der Waals surface area contributed by atoms with E-state index in [0.717, 1.165) is 32.1 Å². The van der Waals surface area contributed by atoms with Crippen LogP contribution in [0.5, 0.6) is 0 Å². The summed E-state index contributed by atoms with van der Waals surface area (Å²) >= 11 is 0. The number of carbonyl (C=O) groups excluding carboxylic acids is 2. The van der Waals surface area contributed by atoms with Crippen LogP contribution in [-0.2, 0) is 9.59 Å². The highest BCUT2D eigenvalue weighted by Crippen LogP contribution is 2.16. The molecule has 1 heterocycles. The molecule has 5 nitrogen and oxygen atoms in total. The van der Waals surface area contributed by atoms with Crippen LogP contribution in [0.4, 0.5) is 5.69 Å². The topological polar surface area (TPSA) is 73.2 Å². The van der Waals surface area contributed by atoms with Gasteiger partial charge in [0, 0.05) is 0 Å². The number of rotatable bonds is 4. The fourth-order valence-corrected chi connectivity index (χ4v) is 2.43. The largest absolute Gasteiger partial charge is 0.324 e. The molecule has 1 aromatic rings. The van der Waals surface area contributed by atoms with Crippen LogP contribution in [0.2, 0.25) is 0 Å². The van der Waals surface area contributed by atoms with Crippen molar-refractivity contribution >= 4 is 17.9 Å². The monoisotopic (exact) mass is 271 g/mol. The van der Waals surface area contributed by atoms with Crippen molar-refractivity contribution in [3.05, 3.63) is 29.8 Å². The summed E-state index contributed by atoms with van der Waals surface area (Å²) in [5.41, 5.74) is 0.950. The summed E-state index contributed by atoms with van der Waals surface area (Å²) in [4.78, 5) is 24.9. The molecule has 1 atom stereocenters. The van der Waals surface area contributed by atoms with E-state index in [1.165, 1.54) is 0 Å². The molecule has 1 aliphatic heterocycles. The number of nitrogens with zero attached hydrogens (tertiary/aromatic N) is 2. The lowest BCUT2D eigenvalue weighted by Gasteiger charge is -2.31. The van der Waals surface area contributed by atoms with Crippen LogP contribution < -0.4 is 5.32 Å². The number of nitrogens with one attached hydrogen (secondary N) is 1. The van der Waals surface area contributed by atoms with Gasteiger partial charge < -0.3 is 10.1 Å². The zero-order valence-electron chi connectivity index (χ0n) is 11.2. The fraction of sp³-hybridized carbons (Fsp3) is 0.400. The average molecular weight is 271 g/mol. The van der Waals surface area contributed by atoms with Crippen molar-refractivity contribution < 1.29 is 9.59 Å². The molecule has 0 aliphatic carbocycles. The zero-order chi connectivity index (χ0) is 14.4. The van der Waals surface area contributed by atoms with Crippen LogP contribution in [0, 0.1) is 11.3 Å². The van der Waals surface area contributed by atoms with Crippen LogP contribution in [0.25, 0.3) is 0 Å². The summed E-state index contributed by atoms with van der Waals surface area (Å²) in [6, 6.07) is 8.75. The van der Waals surface area contributed by atoms with Gasteiger partial charge in [-0.2, -0.15) is 5.26 Å². The Balaban J connectivity index is 1.98. The van der Waals surface area contributed by atoms with Crippen LogP contribution >= 0.6 is 0 Å². The summed E-state index contributed by atoms with van der Waals surface area (Å²) in [5.74, 6) is -0.193. The number of anilines is 1. The molecule has 1 unspecified atom stereocenters. The van der Waals surface area contributed by atoms with Crippen molar-refractivity contribution in [2.24, 2.45) is 0 Å². The van der Waals surface area contributed by atoms with E-state index in [1.807, 2.05) is 11.0 Å². The predicted octanol–water partition coefficient (Wildman–Crippen LogP) is 1.55. The van der Waals surface area contributed by atoms with Crippen molar-refractivity contribution in [1.82, 2.24) is 4.90 Å². The lowest BCUT2D eigenvalue weighted by atomic mass is 10.0. The number of aldehydes is 1. The second-order valence-corrected chi connectivity index (χ2v) is 4.88. The molecule has 0 radical (unpaired) electrons. The molecule has 104 valence electrons. The van der Waals surface area contributed by atoms with E-state index in [4.69, 9.17) is 5.26 Å². The van der Waals surface area contributed by atoms with E-state index in [9.17, 15) is 9.59 Å². The molecule has 0 saturated carbocycles. The van der Waals surface area contributed by atoms with E-state index in [1.54, 1.807) is 24.3 Å². The normalized spacial score (nSPS) is 19.1. The number of likely N-dealkylation sites (tertiary alicyclic amines) is 1. The van der Waals surface area contributed by atoms with Crippen molar-refractivity contribution in [2.45, 2.75) is 25.3 Å². The minimum absolute atomic E-state index is 0.166. The van der Waals surface area contributed by atoms with E-state index in [0.29, 0.717) is 11.3 Å². The van der Waals surface area contributed by atoms with Gasteiger partial charge in [-0.1, -0.05) is 18.6 Å². The Morgan fingerprint density at radius 2 is 2.25 bits per heavy atom. The Hall–Kier alpha value is -2.19. The number of amides is 1. The van der Waals surface area contributed by atoms with E-state index >= 15 is 0 Å². The lowest BCUT2D eigenvalue weighted by molar-refractivity contribution is -0.120. The molecule has 0 bridgehead atoms. The molecule has 1 aliphatic rings. The highest BCUT2D eigenvalue weighted by molar-refractivity contribution is 5.93. The fourth-order valence-electron chi connectivity index (χ4n) is 2.43. The summed E-state index contributed by atoms with van der Waals surface area (Å²) < 4.78 is 0. The number of nitriles is 1. The number of benzene rings is 1. The number of carbonyl (C=O) groups is 2. The molecule has 1 amide bonds. The van der Waals surface area contributed by atoms with Crippen molar-refractivity contribution in [3.63, 3.8) is 0 Å². The number of hydrogen-bond acceptors (Lipinski definition) is 4. The molecule has 0 spiro atoms. The molecular weight excluding hydrogens is 254 g/mol. The Morgan fingerprint density at radius 1 is 1.45 bits per heavy atom. The highest BCUT2D eigenvalue weighted by atomic mass is 16.2. The van der Waals surface area contributed by atoms with Crippen LogP contribution in [0.3, 0.4) is 0 Å². The first-order valence-corrected chi connectivity index (χ1v) is 6.73. The molecule has 1 saturated heterocycles. The van der Waals surface area contributed by atoms with Gasteiger partial charge in [0.15, 0.2) is 0 Å². The quantitative estimate of drug-likeness (QED) is 0.843. The van der Waals surface area contributed by atoms with Gasteiger partial charge in [0.2, 0.25) is 5.91 Å². The number of para-hydroxylation sites is 1. The van der Waals surface area contributed by atoms with Crippen molar-refractivity contribution in [1.29, 1.82) is 5.26 Å². The van der Waals surface area contributed by atoms with Crippen LogP contribution in [0.15, 0.2) is 24.3 Å².